The van der Waals surface area contributed by atoms with Crippen LogP contribution in [0.3, 0.4) is 0 Å². The number of hydrogen-bond acceptors (Lipinski definition) is 3. The Morgan fingerprint density at radius 3 is 2.60 bits per heavy atom. The van der Waals surface area contributed by atoms with Crippen LogP contribution in [0.5, 0.6) is 0 Å². The lowest BCUT2D eigenvalue weighted by Crippen LogP contribution is -2.21. The van der Waals surface area contributed by atoms with E-state index < -0.39 is 12.2 Å². The van der Waals surface area contributed by atoms with Crippen molar-refractivity contribution in [2.75, 3.05) is 6.54 Å². The summed E-state index contributed by atoms with van der Waals surface area (Å²) in [6, 6.07) is 5.19. The lowest BCUT2D eigenvalue weighted by molar-refractivity contribution is 0.0150. The van der Waals surface area contributed by atoms with Crippen LogP contribution in [0.15, 0.2) is 18.2 Å². The minimum atomic E-state index is -0.899. The summed E-state index contributed by atoms with van der Waals surface area (Å²) in [6.07, 6.45) is -1.34. The van der Waals surface area contributed by atoms with E-state index in [4.69, 9.17) is 17.3 Å². The van der Waals surface area contributed by atoms with Crippen LogP contribution in [-0.4, -0.2) is 22.9 Å². The van der Waals surface area contributed by atoms with Crippen LogP contribution < -0.4 is 5.73 Å². The smallest absolute Gasteiger partial charge is 0.105 e. The van der Waals surface area contributed by atoms with Crippen LogP contribution in [0, 0.1) is 6.92 Å². The summed E-state index contributed by atoms with van der Waals surface area (Å²) >= 11 is 5.86. The molecule has 4 N–H and O–H groups in total. The van der Waals surface area contributed by atoms with Gasteiger partial charge in [-0.25, -0.2) is 0 Å². The number of aryl methyl sites for hydroxylation is 1. The van der Waals surface area contributed by atoms with Gasteiger partial charge in [0.1, 0.15) is 6.10 Å². The molecule has 0 aliphatic rings. The SMILES string of the molecule is Cc1cc(C(O)C(O)CCN)ccc1Cl. The third-order valence-electron chi connectivity index (χ3n) is 2.35. The Hall–Kier alpha value is -0.610. The van der Waals surface area contributed by atoms with Crippen LogP contribution in [0.2, 0.25) is 5.02 Å². The molecule has 84 valence electrons. The van der Waals surface area contributed by atoms with E-state index in [2.05, 4.69) is 0 Å². The molecule has 0 aliphatic carbocycles. The van der Waals surface area contributed by atoms with Crippen molar-refractivity contribution in [1.29, 1.82) is 0 Å². The van der Waals surface area contributed by atoms with Gasteiger partial charge in [0.05, 0.1) is 6.10 Å². The molecule has 1 aromatic rings. The number of aliphatic hydroxyl groups is 2. The Labute approximate surface area is 94.5 Å². The molecule has 0 aromatic heterocycles. The van der Waals surface area contributed by atoms with E-state index in [1.807, 2.05) is 6.92 Å². The molecular weight excluding hydrogens is 214 g/mol. The lowest BCUT2D eigenvalue weighted by atomic mass is 10.0. The van der Waals surface area contributed by atoms with E-state index >= 15 is 0 Å². The third-order valence-corrected chi connectivity index (χ3v) is 2.77. The van der Waals surface area contributed by atoms with E-state index in [1.54, 1.807) is 18.2 Å². The standard InChI is InChI=1S/C11H16ClNO2/c1-7-6-8(2-3-9(7)12)11(15)10(14)4-5-13/h2-3,6,10-11,14-15H,4-5,13H2,1H3. The Balaban J connectivity index is 2.81. The maximum absolute atomic E-state index is 9.79. The summed E-state index contributed by atoms with van der Waals surface area (Å²) in [5, 5.41) is 20.0. The van der Waals surface area contributed by atoms with E-state index in [0.717, 1.165) is 5.56 Å². The van der Waals surface area contributed by atoms with Gasteiger partial charge in [-0.2, -0.15) is 0 Å². The van der Waals surface area contributed by atoms with Crippen LogP contribution in [0.25, 0.3) is 0 Å². The van der Waals surface area contributed by atoms with Crippen molar-refractivity contribution in [3.05, 3.63) is 34.3 Å². The highest BCUT2D eigenvalue weighted by Gasteiger charge is 2.17. The molecule has 2 atom stereocenters. The predicted octanol–water partition coefficient (Wildman–Crippen LogP) is 1.39. The monoisotopic (exact) mass is 229 g/mol. The van der Waals surface area contributed by atoms with Crippen molar-refractivity contribution in [3.8, 4) is 0 Å². The van der Waals surface area contributed by atoms with Gasteiger partial charge in [-0.15, -0.1) is 0 Å². The summed E-state index contributed by atoms with van der Waals surface area (Å²) in [4.78, 5) is 0. The maximum Gasteiger partial charge on any atom is 0.105 e. The van der Waals surface area contributed by atoms with Gasteiger partial charge in [0.2, 0.25) is 0 Å². The van der Waals surface area contributed by atoms with E-state index in [-0.39, 0.29) is 0 Å². The molecule has 1 aromatic carbocycles. The highest BCUT2D eigenvalue weighted by atomic mass is 35.5. The number of halogens is 1. The molecular formula is C11H16ClNO2. The molecule has 0 amide bonds. The molecule has 0 fully saturated rings. The largest absolute Gasteiger partial charge is 0.390 e. The van der Waals surface area contributed by atoms with Crippen LogP contribution in [0.1, 0.15) is 23.7 Å². The van der Waals surface area contributed by atoms with Gasteiger partial charge >= 0.3 is 0 Å². The minimum absolute atomic E-state index is 0.352. The minimum Gasteiger partial charge on any atom is -0.390 e. The number of aliphatic hydroxyl groups excluding tert-OH is 2. The van der Waals surface area contributed by atoms with Crippen molar-refractivity contribution in [1.82, 2.24) is 0 Å². The Kier molecular flexibility index (Phi) is 4.54. The van der Waals surface area contributed by atoms with E-state index in [9.17, 15) is 10.2 Å². The molecule has 0 bridgehead atoms. The third kappa shape index (κ3) is 3.18. The Morgan fingerprint density at radius 2 is 2.07 bits per heavy atom. The van der Waals surface area contributed by atoms with Crippen molar-refractivity contribution in [2.24, 2.45) is 5.73 Å². The highest BCUT2D eigenvalue weighted by Crippen LogP contribution is 2.23. The fourth-order valence-corrected chi connectivity index (χ4v) is 1.52. The maximum atomic E-state index is 9.79. The molecule has 0 spiro atoms. The van der Waals surface area contributed by atoms with Crippen molar-refractivity contribution in [2.45, 2.75) is 25.6 Å². The average molecular weight is 230 g/mol. The number of nitrogens with two attached hydrogens (primary N) is 1. The van der Waals surface area contributed by atoms with Crippen molar-refractivity contribution >= 4 is 11.6 Å². The highest BCUT2D eigenvalue weighted by molar-refractivity contribution is 6.31. The molecule has 3 nitrogen and oxygen atoms in total. The van der Waals surface area contributed by atoms with Gasteiger partial charge in [-0.05, 0) is 37.1 Å². The first-order valence-corrected chi connectivity index (χ1v) is 5.26. The zero-order chi connectivity index (χ0) is 11.4. The van der Waals surface area contributed by atoms with Gasteiger partial charge in [-0.1, -0.05) is 23.7 Å². The first kappa shape index (κ1) is 12.5. The summed E-state index contributed by atoms with van der Waals surface area (Å²) < 4.78 is 0. The molecule has 4 heteroatoms. The fraction of sp³-hybridized carbons (Fsp3) is 0.455. The van der Waals surface area contributed by atoms with Crippen LogP contribution in [-0.2, 0) is 0 Å². The van der Waals surface area contributed by atoms with Gasteiger partial charge in [0.25, 0.3) is 0 Å². The second-order valence-corrected chi connectivity index (χ2v) is 4.01. The number of benzene rings is 1. The molecule has 2 unspecified atom stereocenters. The fourth-order valence-electron chi connectivity index (χ4n) is 1.40. The Bertz CT molecular complexity index is 330. The summed E-state index contributed by atoms with van der Waals surface area (Å²) in [7, 11) is 0. The normalized spacial score (nSPS) is 15.0. The van der Waals surface area contributed by atoms with Crippen LogP contribution in [0.4, 0.5) is 0 Å². The molecule has 15 heavy (non-hydrogen) atoms. The summed E-state index contributed by atoms with van der Waals surface area (Å²) in [6.45, 7) is 2.21. The number of hydrogen-bond donors (Lipinski definition) is 3. The first-order valence-electron chi connectivity index (χ1n) is 4.88. The molecule has 0 aliphatic heterocycles. The zero-order valence-electron chi connectivity index (χ0n) is 8.65. The van der Waals surface area contributed by atoms with E-state index in [0.29, 0.717) is 23.6 Å². The van der Waals surface area contributed by atoms with Gasteiger partial charge in [0.15, 0.2) is 0 Å². The second kappa shape index (κ2) is 5.47. The molecule has 0 heterocycles. The Morgan fingerprint density at radius 1 is 1.40 bits per heavy atom. The average Bonchev–Trinajstić information content (AvgIpc) is 2.21. The quantitative estimate of drug-likeness (QED) is 0.731. The van der Waals surface area contributed by atoms with Crippen molar-refractivity contribution < 1.29 is 10.2 Å². The topological polar surface area (TPSA) is 66.5 Å². The second-order valence-electron chi connectivity index (χ2n) is 3.60. The van der Waals surface area contributed by atoms with Crippen LogP contribution >= 0.6 is 11.6 Å². The number of rotatable bonds is 4. The molecule has 0 radical (unpaired) electrons. The van der Waals surface area contributed by atoms with Gasteiger partial charge in [0, 0.05) is 5.02 Å². The zero-order valence-corrected chi connectivity index (χ0v) is 9.41. The molecule has 1 rings (SSSR count). The molecule has 0 saturated carbocycles. The first-order chi connectivity index (χ1) is 7.06. The van der Waals surface area contributed by atoms with Gasteiger partial charge in [-0.3, -0.25) is 0 Å². The van der Waals surface area contributed by atoms with Crippen molar-refractivity contribution in [3.63, 3.8) is 0 Å². The van der Waals surface area contributed by atoms with E-state index in [1.165, 1.54) is 0 Å². The summed E-state index contributed by atoms with van der Waals surface area (Å²) in [5.41, 5.74) is 6.85. The van der Waals surface area contributed by atoms with Gasteiger partial charge < -0.3 is 15.9 Å². The lowest BCUT2D eigenvalue weighted by Gasteiger charge is -2.18. The molecule has 0 saturated heterocycles. The summed E-state index contributed by atoms with van der Waals surface area (Å²) in [5.74, 6) is 0. The predicted molar refractivity (Wildman–Crippen MR) is 60.8 cm³/mol.